The molecule has 4 nitrogen and oxygen atoms in total. The van der Waals surface area contributed by atoms with E-state index in [1.54, 1.807) is 7.05 Å². The molecule has 1 aromatic carbocycles. The van der Waals surface area contributed by atoms with Crippen LogP contribution in [0.2, 0.25) is 0 Å². The number of nitrogens with zero attached hydrogens (tertiary/aromatic N) is 1. The van der Waals surface area contributed by atoms with Gasteiger partial charge in [0.05, 0.1) is 5.75 Å². The van der Waals surface area contributed by atoms with E-state index in [-0.39, 0.29) is 11.8 Å². The first-order valence-corrected chi connectivity index (χ1v) is 8.22. The van der Waals surface area contributed by atoms with Gasteiger partial charge in [0.1, 0.15) is 0 Å². The van der Waals surface area contributed by atoms with Crippen molar-refractivity contribution in [2.24, 2.45) is 0 Å². The predicted octanol–water partition coefficient (Wildman–Crippen LogP) is 1.97. The molecule has 0 spiro atoms. The molecule has 0 atom stereocenters. The minimum Gasteiger partial charge on any atom is -0.313 e. The fraction of sp³-hybridized carbons (Fsp3) is 0.571. The van der Waals surface area contributed by atoms with Gasteiger partial charge in [0.15, 0.2) is 0 Å². The van der Waals surface area contributed by atoms with E-state index in [0.29, 0.717) is 0 Å². The zero-order valence-electron chi connectivity index (χ0n) is 12.2. The van der Waals surface area contributed by atoms with Crippen LogP contribution in [0.15, 0.2) is 24.3 Å². The molecular weight excluding hydrogens is 260 g/mol. The first-order chi connectivity index (χ1) is 8.86. The summed E-state index contributed by atoms with van der Waals surface area (Å²) in [7, 11) is -1.60. The molecule has 0 amide bonds. The highest BCUT2D eigenvalue weighted by atomic mass is 32.2. The summed E-state index contributed by atoms with van der Waals surface area (Å²) >= 11 is 0. The Morgan fingerprint density at radius 1 is 1.16 bits per heavy atom. The molecule has 108 valence electrons. The van der Waals surface area contributed by atoms with Crippen LogP contribution in [0.4, 0.5) is 0 Å². The van der Waals surface area contributed by atoms with E-state index < -0.39 is 10.0 Å². The van der Waals surface area contributed by atoms with Crippen molar-refractivity contribution in [2.45, 2.75) is 39.1 Å². The quantitative estimate of drug-likeness (QED) is 0.833. The summed E-state index contributed by atoms with van der Waals surface area (Å²) in [5, 5.41) is 3.24. The van der Waals surface area contributed by atoms with Crippen molar-refractivity contribution >= 4 is 10.0 Å². The lowest BCUT2D eigenvalue weighted by atomic mass is 10.1. The number of hydrogen-bond donors (Lipinski definition) is 1. The molecule has 5 heteroatoms. The van der Waals surface area contributed by atoms with Crippen molar-refractivity contribution < 1.29 is 8.42 Å². The number of hydrogen-bond acceptors (Lipinski definition) is 3. The summed E-state index contributed by atoms with van der Waals surface area (Å²) in [5.74, 6) is 0.0587. The summed E-state index contributed by atoms with van der Waals surface area (Å²) < 4.78 is 25.6. The van der Waals surface area contributed by atoms with Gasteiger partial charge in [0.2, 0.25) is 10.0 Å². The molecule has 0 radical (unpaired) electrons. The Morgan fingerprint density at radius 2 is 1.68 bits per heavy atom. The van der Waals surface area contributed by atoms with E-state index in [1.165, 1.54) is 9.87 Å². The van der Waals surface area contributed by atoms with E-state index in [2.05, 4.69) is 12.2 Å². The van der Waals surface area contributed by atoms with Gasteiger partial charge in [-0.1, -0.05) is 31.2 Å². The summed E-state index contributed by atoms with van der Waals surface area (Å²) in [6.07, 6.45) is 0. The normalized spacial score (nSPS) is 12.3. The highest BCUT2D eigenvalue weighted by Gasteiger charge is 2.20. The average molecular weight is 284 g/mol. The van der Waals surface area contributed by atoms with Crippen molar-refractivity contribution in [2.75, 3.05) is 13.6 Å². The Hall–Kier alpha value is -0.910. The molecule has 0 aliphatic heterocycles. The van der Waals surface area contributed by atoms with Gasteiger partial charge >= 0.3 is 0 Å². The van der Waals surface area contributed by atoms with Gasteiger partial charge in [-0.25, -0.2) is 12.7 Å². The predicted molar refractivity (Wildman–Crippen MR) is 79.3 cm³/mol. The highest BCUT2D eigenvalue weighted by Crippen LogP contribution is 2.13. The van der Waals surface area contributed by atoms with E-state index in [4.69, 9.17) is 0 Å². The highest BCUT2D eigenvalue weighted by molar-refractivity contribution is 7.88. The molecule has 0 aliphatic rings. The van der Waals surface area contributed by atoms with E-state index in [9.17, 15) is 8.42 Å². The number of sulfonamides is 1. The molecule has 0 aromatic heterocycles. The minimum absolute atomic E-state index is 0.0157. The SMILES string of the molecule is CCNCc1ccc(CS(=O)(=O)N(C)C(C)C)cc1. The Labute approximate surface area is 116 Å². The molecular formula is C14H24N2O2S. The van der Waals surface area contributed by atoms with Crippen LogP contribution in [0, 0.1) is 0 Å². The minimum atomic E-state index is -3.22. The lowest BCUT2D eigenvalue weighted by Crippen LogP contribution is -2.33. The molecule has 0 saturated carbocycles. The second kappa shape index (κ2) is 7.03. The monoisotopic (exact) mass is 284 g/mol. The Balaban J connectivity index is 2.72. The molecule has 1 aromatic rings. The maximum atomic E-state index is 12.1. The van der Waals surface area contributed by atoms with Gasteiger partial charge in [-0.2, -0.15) is 0 Å². The molecule has 0 unspecified atom stereocenters. The Morgan fingerprint density at radius 3 is 2.16 bits per heavy atom. The van der Waals surface area contributed by atoms with Gasteiger partial charge in [0.25, 0.3) is 0 Å². The van der Waals surface area contributed by atoms with Crippen LogP contribution in [-0.4, -0.2) is 32.4 Å². The summed E-state index contributed by atoms with van der Waals surface area (Å²) in [4.78, 5) is 0. The fourth-order valence-corrected chi connectivity index (χ4v) is 3.12. The number of benzene rings is 1. The van der Waals surface area contributed by atoms with Gasteiger partial charge in [-0.3, -0.25) is 0 Å². The molecule has 1 rings (SSSR count). The fourth-order valence-electron chi connectivity index (χ4n) is 1.66. The third-order valence-electron chi connectivity index (χ3n) is 3.12. The Kier molecular flexibility index (Phi) is 5.97. The van der Waals surface area contributed by atoms with E-state index in [1.807, 2.05) is 38.1 Å². The lowest BCUT2D eigenvalue weighted by Gasteiger charge is -2.21. The summed E-state index contributed by atoms with van der Waals surface area (Å²) in [6, 6.07) is 7.71. The molecule has 0 bridgehead atoms. The maximum absolute atomic E-state index is 12.1. The van der Waals surface area contributed by atoms with Gasteiger partial charge in [-0.15, -0.1) is 0 Å². The molecule has 0 aliphatic carbocycles. The first-order valence-electron chi connectivity index (χ1n) is 6.61. The van der Waals surface area contributed by atoms with Crippen molar-refractivity contribution in [3.8, 4) is 0 Å². The average Bonchev–Trinajstić information content (AvgIpc) is 2.36. The van der Waals surface area contributed by atoms with Crippen LogP contribution < -0.4 is 5.32 Å². The molecule has 19 heavy (non-hydrogen) atoms. The van der Waals surface area contributed by atoms with Gasteiger partial charge < -0.3 is 5.32 Å². The standard InChI is InChI=1S/C14H24N2O2S/c1-5-15-10-13-6-8-14(9-7-13)11-19(17,18)16(4)12(2)3/h6-9,12,15H,5,10-11H2,1-4H3. The van der Waals surface area contributed by atoms with Crippen LogP contribution in [0.1, 0.15) is 31.9 Å². The van der Waals surface area contributed by atoms with Crippen LogP contribution in [0.5, 0.6) is 0 Å². The van der Waals surface area contributed by atoms with Crippen LogP contribution >= 0.6 is 0 Å². The largest absolute Gasteiger partial charge is 0.313 e. The summed E-state index contributed by atoms with van der Waals surface area (Å²) in [6.45, 7) is 7.54. The smallest absolute Gasteiger partial charge is 0.218 e. The zero-order valence-corrected chi connectivity index (χ0v) is 13.0. The number of rotatable bonds is 7. The topological polar surface area (TPSA) is 49.4 Å². The molecule has 0 fully saturated rings. The van der Waals surface area contributed by atoms with Crippen LogP contribution in [-0.2, 0) is 22.3 Å². The van der Waals surface area contributed by atoms with Gasteiger partial charge in [-0.05, 0) is 31.5 Å². The van der Waals surface area contributed by atoms with Crippen molar-refractivity contribution in [1.29, 1.82) is 0 Å². The van der Waals surface area contributed by atoms with Crippen molar-refractivity contribution in [3.05, 3.63) is 35.4 Å². The van der Waals surface area contributed by atoms with Crippen molar-refractivity contribution in [3.63, 3.8) is 0 Å². The second-order valence-corrected chi connectivity index (χ2v) is 6.99. The number of nitrogens with one attached hydrogen (secondary N) is 1. The third kappa shape index (κ3) is 4.93. The van der Waals surface area contributed by atoms with Crippen LogP contribution in [0.25, 0.3) is 0 Å². The molecule has 0 heterocycles. The molecule has 1 N–H and O–H groups in total. The Bertz CT molecular complexity index is 481. The zero-order chi connectivity index (χ0) is 14.5. The van der Waals surface area contributed by atoms with Crippen LogP contribution in [0.3, 0.4) is 0 Å². The van der Waals surface area contributed by atoms with E-state index in [0.717, 1.165) is 18.7 Å². The van der Waals surface area contributed by atoms with E-state index >= 15 is 0 Å². The summed E-state index contributed by atoms with van der Waals surface area (Å²) in [5.41, 5.74) is 1.99. The van der Waals surface area contributed by atoms with Crippen molar-refractivity contribution in [1.82, 2.24) is 9.62 Å². The maximum Gasteiger partial charge on any atom is 0.218 e. The lowest BCUT2D eigenvalue weighted by molar-refractivity contribution is 0.410. The molecule has 0 saturated heterocycles. The third-order valence-corrected chi connectivity index (χ3v) is 5.11. The van der Waals surface area contributed by atoms with Gasteiger partial charge in [0, 0.05) is 19.6 Å². The first kappa shape index (κ1) is 16.1. The second-order valence-electron chi connectivity index (χ2n) is 4.96.